The summed E-state index contributed by atoms with van der Waals surface area (Å²) in [6.45, 7) is 2.63. The lowest BCUT2D eigenvalue weighted by Gasteiger charge is -2.24. The fourth-order valence-corrected chi connectivity index (χ4v) is 3.30. The number of hydrogen-bond acceptors (Lipinski definition) is 6. The van der Waals surface area contributed by atoms with E-state index in [0.29, 0.717) is 30.3 Å². The molecule has 0 aliphatic carbocycles. The first-order chi connectivity index (χ1) is 15.0. The molecule has 2 aromatic carbocycles. The van der Waals surface area contributed by atoms with E-state index in [0.717, 1.165) is 29.7 Å². The Morgan fingerprint density at radius 3 is 2.48 bits per heavy atom. The van der Waals surface area contributed by atoms with Crippen LogP contribution in [0.15, 0.2) is 47.6 Å². The van der Waals surface area contributed by atoms with Crippen molar-refractivity contribution >= 4 is 23.4 Å². The Kier molecular flexibility index (Phi) is 7.48. The van der Waals surface area contributed by atoms with E-state index in [2.05, 4.69) is 10.4 Å². The highest BCUT2D eigenvalue weighted by Gasteiger charge is 2.20. The van der Waals surface area contributed by atoms with Crippen LogP contribution < -0.4 is 14.8 Å². The van der Waals surface area contributed by atoms with Crippen LogP contribution in [0, 0.1) is 0 Å². The molecule has 1 N–H and O–H groups in total. The third-order valence-electron chi connectivity index (χ3n) is 4.86. The van der Waals surface area contributed by atoms with Gasteiger partial charge in [0.25, 0.3) is 0 Å². The normalized spacial score (nSPS) is 13.3. The zero-order valence-corrected chi connectivity index (χ0v) is 18.0. The average molecular weight is 425 g/mol. The van der Waals surface area contributed by atoms with Crippen LogP contribution in [0.25, 0.3) is 0 Å². The number of anilines is 1. The summed E-state index contributed by atoms with van der Waals surface area (Å²) in [6, 6.07) is 12.7. The summed E-state index contributed by atoms with van der Waals surface area (Å²) in [7, 11) is 3.18. The van der Waals surface area contributed by atoms with Crippen molar-refractivity contribution in [2.24, 2.45) is 5.10 Å². The van der Waals surface area contributed by atoms with Crippen molar-refractivity contribution in [1.82, 2.24) is 5.01 Å². The predicted molar refractivity (Wildman–Crippen MR) is 118 cm³/mol. The van der Waals surface area contributed by atoms with Crippen LogP contribution in [0.5, 0.6) is 11.5 Å². The van der Waals surface area contributed by atoms with Gasteiger partial charge in [0.15, 0.2) is 11.5 Å². The van der Waals surface area contributed by atoms with E-state index in [1.165, 1.54) is 5.01 Å². The van der Waals surface area contributed by atoms with Crippen molar-refractivity contribution in [2.75, 3.05) is 32.7 Å². The maximum absolute atomic E-state index is 12.8. The monoisotopic (exact) mass is 425 g/mol. The molecule has 2 amide bonds. The summed E-state index contributed by atoms with van der Waals surface area (Å²) in [6.07, 6.45) is 1.34. The number of benzene rings is 2. The van der Waals surface area contributed by atoms with Crippen molar-refractivity contribution in [2.45, 2.75) is 26.2 Å². The second-order valence-corrected chi connectivity index (χ2v) is 6.96. The number of hydrazone groups is 1. The van der Waals surface area contributed by atoms with Crippen LogP contribution in [0.1, 0.15) is 30.9 Å². The van der Waals surface area contributed by atoms with Gasteiger partial charge in [-0.1, -0.05) is 12.1 Å². The zero-order chi connectivity index (χ0) is 22.2. The minimum absolute atomic E-state index is 0.0798. The Hall–Kier alpha value is -3.55. The first kappa shape index (κ1) is 22.1. The lowest BCUT2D eigenvalue weighted by molar-refractivity contribution is -0.130. The fourth-order valence-electron chi connectivity index (χ4n) is 3.30. The number of methoxy groups -OCH3 is 2. The molecule has 0 unspecified atom stereocenters. The van der Waals surface area contributed by atoms with E-state index in [1.54, 1.807) is 33.3 Å². The molecule has 0 spiro atoms. The molecule has 1 heterocycles. The SMILES string of the molecule is CCOC(=O)Nc1ccc(CC(=O)N2CCCC(c3ccc(OC)c(OC)c3)=N2)cc1. The van der Waals surface area contributed by atoms with Gasteiger partial charge in [0.05, 0.1) is 33.0 Å². The third-order valence-corrected chi connectivity index (χ3v) is 4.86. The Morgan fingerprint density at radius 1 is 1.06 bits per heavy atom. The lowest BCUT2D eigenvalue weighted by Crippen LogP contribution is -2.33. The number of amides is 2. The lowest BCUT2D eigenvalue weighted by atomic mass is 10.0. The van der Waals surface area contributed by atoms with Crippen molar-refractivity contribution in [3.8, 4) is 11.5 Å². The summed E-state index contributed by atoms with van der Waals surface area (Å²) < 4.78 is 15.5. The number of ether oxygens (including phenoxy) is 3. The summed E-state index contributed by atoms with van der Waals surface area (Å²) in [5, 5.41) is 8.75. The van der Waals surface area contributed by atoms with Crippen molar-refractivity contribution < 1.29 is 23.8 Å². The summed E-state index contributed by atoms with van der Waals surface area (Å²) in [5.74, 6) is 1.20. The van der Waals surface area contributed by atoms with Crippen LogP contribution in [-0.4, -0.2) is 50.1 Å². The molecule has 0 fully saturated rings. The number of rotatable bonds is 7. The zero-order valence-electron chi connectivity index (χ0n) is 18.0. The van der Waals surface area contributed by atoms with Crippen LogP contribution in [0.2, 0.25) is 0 Å². The molecule has 0 saturated carbocycles. The topological polar surface area (TPSA) is 89.5 Å². The van der Waals surface area contributed by atoms with Gasteiger partial charge in [-0.05, 0) is 55.7 Å². The second kappa shape index (κ2) is 10.5. The summed E-state index contributed by atoms with van der Waals surface area (Å²) in [4.78, 5) is 24.3. The second-order valence-electron chi connectivity index (χ2n) is 6.96. The maximum atomic E-state index is 12.8. The number of nitrogens with one attached hydrogen (secondary N) is 1. The molecule has 2 aromatic rings. The van der Waals surface area contributed by atoms with Gasteiger partial charge in [0.1, 0.15) is 0 Å². The summed E-state index contributed by atoms with van der Waals surface area (Å²) >= 11 is 0. The Labute approximate surface area is 181 Å². The van der Waals surface area contributed by atoms with Gasteiger partial charge < -0.3 is 14.2 Å². The standard InChI is InChI=1S/C23H27N3O5/c1-4-31-23(28)24-18-10-7-16(8-11-18)14-22(27)26-13-5-6-19(25-26)17-9-12-20(29-2)21(15-17)30-3/h7-12,15H,4-6,13-14H2,1-3H3,(H,24,28). The number of nitrogens with zero attached hydrogens (tertiary/aromatic N) is 2. The maximum Gasteiger partial charge on any atom is 0.411 e. The van der Waals surface area contributed by atoms with Gasteiger partial charge in [-0.3, -0.25) is 10.1 Å². The highest BCUT2D eigenvalue weighted by Crippen LogP contribution is 2.29. The van der Waals surface area contributed by atoms with Crippen LogP contribution in [-0.2, 0) is 16.0 Å². The quantitative estimate of drug-likeness (QED) is 0.728. The Balaban J connectivity index is 1.67. The minimum Gasteiger partial charge on any atom is -0.493 e. The van der Waals surface area contributed by atoms with Crippen LogP contribution in [0.4, 0.5) is 10.5 Å². The fraction of sp³-hybridized carbons (Fsp3) is 0.348. The molecule has 164 valence electrons. The Bertz CT molecular complexity index is 956. The van der Waals surface area contributed by atoms with Gasteiger partial charge in [0, 0.05) is 17.8 Å². The van der Waals surface area contributed by atoms with E-state index in [1.807, 2.05) is 30.3 Å². The third kappa shape index (κ3) is 5.75. The Morgan fingerprint density at radius 2 is 1.81 bits per heavy atom. The van der Waals surface area contributed by atoms with Gasteiger partial charge >= 0.3 is 6.09 Å². The molecule has 0 atom stereocenters. The van der Waals surface area contributed by atoms with Crippen molar-refractivity contribution in [1.29, 1.82) is 0 Å². The van der Waals surface area contributed by atoms with Crippen LogP contribution >= 0.6 is 0 Å². The smallest absolute Gasteiger partial charge is 0.411 e. The molecule has 3 rings (SSSR count). The van der Waals surface area contributed by atoms with E-state index in [9.17, 15) is 9.59 Å². The average Bonchev–Trinajstić information content (AvgIpc) is 2.80. The predicted octanol–water partition coefficient (Wildman–Crippen LogP) is 3.84. The molecule has 1 aliphatic heterocycles. The van der Waals surface area contributed by atoms with Crippen LogP contribution in [0.3, 0.4) is 0 Å². The first-order valence-corrected chi connectivity index (χ1v) is 10.2. The van der Waals surface area contributed by atoms with Gasteiger partial charge in [-0.2, -0.15) is 5.10 Å². The molecule has 0 radical (unpaired) electrons. The molecule has 0 aromatic heterocycles. The van der Waals surface area contributed by atoms with Gasteiger partial charge in [-0.15, -0.1) is 0 Å². The number of carbonyl (C=O) groups is 2. The molecule has 8 heteroatoms. The first-order valence-electron chi connectivity index (χ1n) is 10.2. The number of hydrogen-bond donors (Lipinski definition) is 1. The number of carbonyl (C=O) groups excluding carboxylic acids is 2. The molecule has 1 aliphatic rings. The van der Waals surface area contributed by atoms with E-state index >= 15 is 0 Å². The van der Waals surface area contributed by atoms with E-state index in [4.69, 9.17) is 14.2 Å². The van der Waals surface area contributed by atoms with Crippen molar-refractivity contribution in [3.05, 3.63) is 53.6 Å². The minimum atomic E-state index is -0.503. The molecular formula is C23H27N3O5. The highest BCUT2D eigenvalue weighted by atomic mass is 16.5. The van der Waals surface area contributed by atoms with E-state index in [-0.39, 0.29) is 12.3 Å². The van der Waals surface area contributed by atoms with Gasteiger partial charge in [-0.25, -0.2) is 9.80 Å². The molecule has 31 heavy (non-hydrogen) atoms. The molecule has 0 bridgehead atoms. The van der Waals surface area contributed by atoms with E-state index < -0.39 is 6.09 Å². The molecular weight excluding hydrogens is 398 g/mol. The van der Waals surface area contributed by atoms with Crippen molar-refractivity contribution in [3.63, 3.8) is 0 Å². The highest BCUT2D eigenvalue weighted by molar-refractivity contribution is 6.02. The summed E-state index contributed by atoms with van der Waals surface area (Å²) in [5.41, 5.74) is 3.20. The van der Waals surface area contributed by atoms with Gasteiger partial charge in [0.2, 0.25) is 5.91 Å². The molecule has 0 saturated heterocycles. The molecule has 8 nitrogen and oxygen atoms in total. The largest absolute Gasteiger partial charge is 0.493 e.